The van der Waals surface area contributed by atoms with Crippen molar-refractivity contribution in [3.05, 3.63) is 88.1 Å². The summed E-state index contributed by atoms with van der Waals surface area (Å²) in [6, 6.07) is 19.1. The fourth-order valence-corrected chi connectivity index (χ4v) is 5.33. The topological polar surface area (TPSA) is 68.8 Å². The molecule has 180 valence electrons. The number of ether oxygens (including phenoxy) is 3. The number of hydrogen-bond acceptors (Lipinski definition) is 6. The average Bonchev–Trinajstić information content (AvgIpc) is 3.05. The Balaban J connectivity index is 1.66. The summed E-state index contributed by atoms with van der Waals surface area (Å²) in [5.74, 6) is 1.65. The fourth-order valence-electron chi connectivity index (χ4n) is 5.04. The summed E-state index contributed by atoms with van der Waals surface area (Å²) in [7, 11) is 4.75. The Hall–Kier alpha value is -3.64. The van der Waals surface area contributed by atoms with Crippen molar-refractivity contribution in [2.45, 2.75) is 24.8 Å². The molecule has 0 unspecified atom stereocenters. The zero-order chi connectivity index (χ0) is 24.5. The van der Waals surface area contributed by atoms with E-state index >= 15 is 0 Å². The van der Waals surface area contributed by atoms with Gasteiger partial charge in [0.15, 0.2) is 17.3 Å². The maximum Gasteiger partial charge on any atom is 0.203 e. The van der Waals surface area contributed by atoms with Crippen molar-refractivity contribution in [2.24, 2.45) is 0 Å². The molecule has 1 aliphatic heterocycles. The predicted octanol–water partition coefficient (Wildman–Crippen LogP) is 6.35. The number of ketones is 1. The molecule has 1 aliphatic carbocycles. The van der Waals surface area contributed by atoms with Gasteiger partial charge in [0.1, 0.15) is 0 Å². The minimum absolute atomic E-state index is 0.00620. The van der Waals surface area contributed by atoms with Crippen LogP contribution in [0.2, 0.25) is 5.02 Å². The summed E-state index contributed by atoms with van der Waals surface area (Å²) in [5.41, 5.74) is 5.26. The molecular formula is C28H27ClN2O4. The molecule has 0 aromatic heterocycles. The van der Waals surface area contributed by atoms with Crippen molar-refractivity contribution in [3.63, 3.8) is 0 Å². The molecule has 0 radical (unpaired) electrons. The van der Waals surface area contributed by atoms with E-state index in [1.807, 2.05) is 60.7 Å². The number of rotatable bonds is 5. The number of hydrogen-bond donors (Lipinski definition) is 2. The number of nitrogens with one attached hydrogen (secondary N) is 2. The van der Waals surface area contributed by atoms with Crippen LogP contribution in [-0.2, 0) is 4.79 Å². The number of carbonyl (C=O) groups is 1. The Morgan fingerprint density at radius 1 is 0.857 bits per heavy atom. The molecule has 0 saturated heterocycles. The van der Waals surface area contributed by atoms with E-state index in [-0.39, 0.29) is 11.7 Å². The summed E-state index contributed by atoms with van der Waals surface area (Å²) in [6.45, 7) is 0. The van der Waals surface area contributed by atoms with Gasteiger partial charge in [-0.05, 0) is 53.8 Å². The van der Waals surface area contributed by atoms with Crippen molar-refractivity contribution in [1.29, 1.82) is 0 Å². The Labute approximate surface area is 209 Å². The van der Waals surface area contributed by atoms with Crippen LogP contribution >= 0.6 is 11.6 Å². The van der Waals surface area contributed by atoms with Crippen molar-refractivity contribution >= 4 is 28.8 Å². The summed E-state index contributed by atoms with van der Waals surface area (Å²) >= 11 is 6.51. The van der Waals surface area contributed by atoms with Crippen LogP contribution in [0.4, 0.5) is 11.4 Å². The van der Waals surface area contributed by atoms with Crippen LogP contribution < -0.4 is 24.8 Å². The second-order valence-electron chi connectivity index (χ2n) is 8.65. The van der Waals surface area contributed by atoms with Crippen molar-refractivity contribution in [3.8, 4) is 17.2 Å². The molecule has 0 fully saturated rings. The van der Waals surface area contributed by atoms with Crippen LogP contribution in [0.1, 0.15) is 35.9 Å². The molecule has 5 rings (SSSR count). The summed E-state index contributed by atoms with van der Waals surface area (Å²) in [5, 5.41) is 7.83. The van der Waals surface area contributed by atoms with Crippen LogP contribution in [0, 0.1) is 0 Å². The van der Waals surface area contributed by atoms with Crippen LogP contribution in [-0.4, -0.2) is 27.1 Å². The number of allylic oxidation sites excluding steroid dienone is 1. The standard InChI is InChI=1S/C28H27ClN2O4/c1-33-24-14-17(15-25(34-2)28(24)35-3)27-26-22(30-20-10-6-7-11-21(20)31-27)12-16(13-23(26)32)18-8-4-5-9-19(18)29/h4-11,14-16,27,30-31H,12-13H2,1-3H3/t16-,27+/m0/s1. The number of carbonyl (C=O) groups excluding carboxylic acids is 1. The van der Waals surface area contributed by atoms with Crippen molar-refractivity contribution in [1.82, 2.24) is 0 Å². The van der Waals surface area contributed by atoms with Crippen molar-refractivity contribution < 1.29 is 19.0 Å². The lowest BCUT2D eigenvalue weighted by atomic mass is 9.78. The molecule has 0 bridgehead atoms. The molecule has 0 spiro atoms. The minimum Gasteiger partial charge on any atom is -0.493 e. The van der Waals surface area contributed by atoms with E-state index in [1.54, 1.807) is 21.3 Å². The number of para-hydroxylation sites is 2. The van der Waals surface area contributed by atoms with Gasteiger partial charge in [0.05, 0.1) is 38.7 Å². The van der Waals surface area contributed by atoms with Crippen LogP contribution in [0.15, 0.2) is 71.9 Å². The highest BCUT2D eigenvalue weighted by Crippen LogP contribution is 2.47. The second-order valence-corrected chi connectivity index (χ2v) is 9.06. The van der Waals surface area contributed by atoms with Gasteiger partial charge in [-0.1, -0.05) is 41.9 Å². The third-order valence-electron chi connectivity index (χ3n) is 6.67. The molecular weight excluding hydrogens is 464 g/mol. The SMILES string of the molecule is COc1cc([C@H]2Nc3ccccc3NC3=C2C(=O)C[C@@H](c2ccccc2Cl)C3)cc(OC)c1OC. The molecule has 7 heteroatoms. The first-order valence-corrected chi connectivity index (χ1v) is 11.8. The van der Waals surface area contributed by atoms with E-state index in [2.05, 4.69) is 10.6 Å². The summed E-state index contributed by atoms with van der Waals surface area (Å²) < 4.78 is 16.7. The van der Waals surface area contributed by atoms with E-state index < -0.39 is 6.04 Å². The summed E-state index contributed by atoms with van der Waals surface area (Å²) in [6.07, 6.45) is 1.05. The predicted molar refractivity (Wildman–Crippen MR) is 138 cm³/mol. The van der Waals surface area contributed by atoms with Crippen LogP contribution in [0.5, 0.6) is 17.2 Å². The number of methoxy groups -OCH3 is 3. The second kappa shape index (κ2) is 9.55. The first-order valence-electron chi connectivity index (χ1n) is 11.5. The highest BCUT2D eigenvalue weighted by atomic mass is 35.5. The molecule has 6 nitrogen and oxygen atoms in total. The highest BCUT2D eigenvalue weighted by molar-refractivity contribution is 6.31. The van der Waals surface area contributed by atoms with Gasteiger partial charge in [0.25, 0.3) is 0 Å². The van der Waals surface area contributed by atoms with Gasteiger partial charge in [0.2, 0.25) is 5.75 Å². The normalized spacial score (nSPS) is 19.0. The maximum atomic E-state index is 13.8. The number of Topliss-reactive ketones (excluding diaryl/α,β-unsaturated/α-hetero) is 1. The molecule has 3 aromatic rings. The van der Waals surface area contributed by atoms with E-state index in [9.17, 15) is 4.79 Å². The molecule has 2 atom stereocenters. The zero-order valence-electron chi connectivity index (χ0n) is 19.9. The fraction of sp³-hybridized carbons (Fsp3) is 0.250. The Morgan fingerprint density at radius 2 is 1.51 bits per heavy atom. The molecule has 2 N–H and O–H groups in total. The van der Waals surface area contributed by atoms with Gasteiger partial charge in [0, 0.05) is 22.7 Å². The molecule has 3 aromatic carbocycles. The lowest BCUT2D eigenvalue weighted by Crippen LogP contribution is -2.27. The Bertz CT molecular complexity index is 1290. The molecule has 0 saturated carbocycles. The monoisotopic (exact) mass is 490 g/mol. The molecule has 1 heterocycles. The summed E-state index contributed by atoms with van der Waals surface area (Å²) in [4.78, 5) is 13.8. The van der Waals surface area contributed by atoms with Gasteiger partial charge >= 0.3 is 0 Å². The largest absolute Gasteiger partial charge is 0.493 e. The molecule has 0 amide bonds. The Kier molecular flexibility index (Phi) is 6.31. The first-order chi connectivity index (χ1) is 17.0. The van der Waals surface area contributed by atoms with Gasteiger partial charge in [-0.15, -0.1) is 0 Å². The van der Waals surface area contributed by atoms with E-state index in [0.717, 1.165) is 28.2 Å². The van der Waals surface area contributed by atoms with E-state index in [1.165, 1.54) is 0 Å². The quantitative estimate of drug-likeness (QED) is 0.434. The average molecular weight is 491 g/mol. The first kappa shape index (κ1) is 23.1. The number of fused-ring (bicyclic) bond motifs is 1. The van der Waals surface area contributed by atoms with Gasteiger partial charge in [-0.25, -0.2) is 0 Å². The van der Waals surface area contributed by atoms with Crippen LogP contribution in [0.25, 0.3) is 0 Å². The smallest absolute Gasteiger partial charge is 0.203 e. The van der Waals surface area contributed by atoms with Crippen molar-refractivity contribution in [2.75, 3.05) is 32.0 Å². The van der Waals surface area contributed by atoms with E-state index in [4.69, 9.17) is 25.8 Å². The minimum atomic E-state index is -0.408. The van der Waals surface area contributed by atoms with Gasteiger partial charge in [-0.2, -0.15) is 0 Å². The lowest BCUT2D eigenvalue weighted by molar-refractivity contribution is -0.116. The zero-order valence-corrected chi connectivity index (χ0v) is 20.6. The van der Waals surface area contributed by atoms with Crippen LogP contribution in [0.3, 0.4) is 0 Å². The number of halogens is 1. The maximum absolute atomic E-state index is 13.8. The number of anilines is 2. The third-order valence-corrected chi connectivity index (χ3v) is 7.02. The molecule has 35 heavy (non-hydrogen) atoms. The third kappa shape index (κ3) is 4.19. The van der Waals surface area contributed by atoms with Gasteiger partial charge in [-0.3, -0.25) is 4.79 Å². The van der Waals surface area contributed by atoms with E-state index in [0.29, 0.717) is 40.7 Å². The van der Waals surface area contributed by atoms with Gasteiger partial charge < -0.3 is 24.8 Å². The lowest BCUT2D eigenvalue weighted by Gasteiger charge is -2.30. The number of benzene rings is 3. The Morgan fingerprint density at radius 3 is 2.17 bits per heavy atom. The molecule has 2 aliphatic rings. The highest BCUT2D eigenvalue weighted by Gasteiger charge is 2.37.